The Morgan fingerprint density at radius 2 is 2.12 bits per heavy atom. The Balaban J connectivity index is 1.58. The number of benzene rings is 1. The van der Waals surface area contributed by atoms with Crippen molar-refractivity contribution in [3.63, 3.8) is 0 Å². The predicted molar refractivity (Wildman–Crippen MR) is 93.9 cm³/mol. The molecule has 2 heterocycles. The molecule has 0 amide bonds. The third kappa shape index (κ3) is 4.46. The SMILES string of the molecule is Cc1ccc(C(=O)CSc2nnc([C@H](C)Oc3ccccc3F)o2)s1. The van der Waals surface area contributed by atoms with Crippen molar-refractivity contribution in [2.75, 3.05) is 5.75 Å². The number of thiophene rings is 1. The summed E-state index contributed by atoms with van der Waals surface area (Å²) in [6.07, 6.45) is -0.602. The standard InChI is InChI=1S/C17H15FN2O3S2/c1-10-7-8-15(25-10)13(21)9-24-17-20-19-16(23-17)11(2)22-14-6-4-3-5-12(14)18/h3-8,11H,9H2,1-2H3/t11-/m0/s1. The van der Waals surface area contributed by atoms with Crippen molar-refractivity contribution in [3.8, 4) is 5.75 Å². The summed E-state index contributed by atoms with van der Waals surface area (Å²) in [5.41, 5.74) is 0. The Bertz CT molecular complexity index is 878. The van der Waals surface area contributed by atoms with E-state index in [1.54, 1.807) is 19.1 Å². The molecule has 130 valence electrons. The van der Waals surface area contributed by atoms with Crippen molar-refractivity contribution in [3.05, 3.63) is 57.9 Å². The highest BCUT2D eigenvalue weighted by molar-refractivity contribution is 7.99. The molecule has 5 nitrogen and oxygen atoms in total. The summed E-state index contributed by atoms with van der Waals surface area (Å²) >= 11 is 2.63. The van der Waals surface area contributed by atoms with Gasteiger partial charge in [0.15, 0.2) is 23.5 Å². The van der Waals surface area contributed by atoms with Gasteiger partial charge in [0, 0.05) is 4.88 Å². The second-order valence-corrected chi connectivity index (χ2v) is 7.43. The van der Waals surface area contributed by atoms with E-state index in [1.165, 1.54) is 35.2 Å². The third-order valence-corrected chi connectivity index (χ3v) is 5.11. The number of halogens is 1. The summed E-state index contributed by atoms with van der Waals surface area (Å²) in [7, 11) is 0. The minimum atomic E-state index is -0.602. The summed E-state index contributed by atoms with van der Waals surface area (Å²) in [6.45, 7) is 3.64. The number of ether oxygens (including phenoxy) is 1. The van der Waals surface area contributed by atoms with Crippen LogP contribution in [0.15, 0.2) is 46.0 Å². The molecule has 1 atom stereocenters. The van der Waals surface area contributed by atoms with Gasteiger partial charge < -0.3 is 9.15 Å². The van der Waals surface area contributed by atoms with Gasteiger partial charge in [0.05, 0.1) is 10.6 Å². The van der Waals surface area contributed by atoms with E-state index in [0.717, 1.165) is 4.88 Å². The van der Waals surface area contributed by atoms with E-state index in [1.807, 2.05) is 19.1 Å². The van der Waals surface area contributed by atoms with Gasteiger partial charge in [-0.25, -0.2) is 4.39 Å². The normalized spacial score (nSPS) is 12.1. The fourth-order valence-electron chi connectivity index (χ4n) is 2.01. The van der Waals surface area contributed by atoms with Gasteiger partial charge >= 0.3 is 0 Å². The van der Waals surface area contributed by atoms with Crippen molar-refractivity contribution in [2.24, 2.45) is 0 Å². The Kier molecular flexibility index (Phi) is 5.50. The number of para-hydroxylation sites is 1. The van der Waals surface area contributed by atoms with Crippen molar-refractivity contribution < 1.29 is 18.3 Å². The largest absolute Gasteiger partial charge is 0.478 e. The van der Waals surface area contributed by atoms with E-state index in [-0.39, 0.29) is 28.4 Å². The number of carbonyl (C=O) groups excluding carboxylic acids is 1. The fraction of sp³-hybridized carbons (Fsp3) is 0.235. The molecule has 25 heavy (non-hydrogen) atoms. The van der Waals surface area contributed by atoms with Crippen molar-refractivity contribution in [2.45, 2.75) is 25.2 Å². The lowest BCUT2D eigenvalue weighted by atomic mass is 10.3. The maximum atomic E-state index is 13.6. The van der Waals surface area contributed by atoms with Crippen molar-refractivity contribution >= 4 is 28.9 Å². The van der Waals surface area contributed by atoms with Crippen LogP contribution in [0.4, 0.5) is 4.39 Å². The van der Waals surface area contributed by atoms with Gasteiger partial charge in [0.1, 0.15) is 0 Å². The van der Waals surface area contributed by atoms with Crippen LogP contribution in [-0.2, 0) is 0 Å². The molecule has 0 bridgehead atoms. The van der Waals surface area contributed by atoms with Gasteiger partial charge in [-0.05, 0) is 38.1 Å². The quantitative estimate of drug-likeness (QED) is 0.439. The molecule has 0 fully saturated rings. The predicted octanol–water partition coefficient (Wildman–Crippen LogP) is 4.69. The van der Waals surface area contributed by atoms with E-state index in [9.17, 15) is 9.18 Å². The minimum absolute atomic E-state index is 0.0125. The number of aromatic nitrogens is 2. The highest BCUT2D eigenvalue weighted by Crippen LogP contribution is 2.26. The first kappa shape index (κ1) is 17.6. The van der Waals surface area contributed by atoms with Crippen LogP contribution in [0.5, 0.6) is 5.75 Å². The number of aryl methyl sites for hydroxylation is 1. The Hall–Kier alpha value is -2.19. The summed E-state index contributed by atoms with van der Waals surface area (Å²) in [5, 5.41) is 8.08. The first-order chi connectivity index (χ1) is 12.0. The van der Waals surface area contributed by atoms with Gasteiger partial charge in [-0.2, -0.15) is 0 Å². The van der Waals surface area contributed by atoms with Crippen LogP contribution in [0, 0.1) is 12.7 Å². The van der Waals surface area contributed by atoms with Crippen LogP contribution in [-0.4, -0.2) is 21.7 Å². The van der Waals surface area contributed by atoms with E-state index in [2.05, 4.69) is 10.2 Å². The summed E-state index contributed by atoms with van der Waals surface area (Å²) < 4.78 is 24.6. The van der Waals surface area contributed by atoms with Crippen molar-refractivity contribution in [1.29, 1.82) is 0 Å². The molecule has 1 aromatic carbocycles. The van der Waals surface area contributed by atoms with Crippen LogP contribution in [0.2, 0.25) is 0 Å². The lowest BCUT2D eigenvalue weighted by molar-refractivity contribution is 0.102. The van der Waals surface area contributed by atoms with E-state index in [0.29, 0.717) is 4.88 Å². The van der Waals surface area contributed by atoms with Crippen molar-refractivity contribution in [1.82, 2.24) is 10.2 Å². The lowest BCUT2D eigenvalue weighted by Gasteiger charge is -2.11. The highest BCUT2D eigenvalue weighted by atomic mass is 32.2. The molecule has 0 aliphatic heterocycles. The zero-order valence-electron chi connectivity index (χ0n) is 13.6. The number of ketones is 1. The average Bonchev–Trinajstić information content (AvgIpc) is 3.24. The molecule has 0 unspecified atom stereocenters. The smallest absolute Gasteiger partial charge is 0.277 e. The summed E-state index contributed by atoms with van der Waals surface area (Å²) in [4.78, 5) is 13.9. The number of thioether (sulfide) groups is 1. The molecule has 0 spiro atoms. The number of rotatable bonds is 7. The molecule has 0 saturated heterocycles. The van der Waals surface area contributed by atoms with E-state index in [4.69, 9.17) is 9.15 Å². The maximum Gasteiger partial charge on any atom is 0.277 e. The Morgan fingerprint density at radius 3 is 2.84 bits per heavy atom. The second-order valence-electron chi connectivity index (χ2n) is 5.22. The molecule has 8 heteroatoms. The topological polar surface area (TPSA) is 65.2 Å². The van der Waals surface area contributed by atoms with E-state index < -0.39 is 11.9 Å². The van der Waals surface area contributed by atoms with Crippen LogP contribution < -0.4 is 4.74 Å². The average molecular weight is 378 g/mol. The van der Waals surface area contributed by atoms with Gasteiger partial charge in [0.25, 0.3) is 11.1 Å². The number of hydrogen-bond acceptors (Lipinski definition) is 7. The first-order valence-corrected chi connectivity index (χ1v) is 9.30. The molecule has 0 radical (unpaired) electrons. The number of nitrogens with zero attached hydrogens (tertiary/aromatic N) is 2. The van der Waals surface area contributed by atoms with Crippen LogP contribution in [0.1, 0.15) is 33.5 Å². The zero-order valence-corrected chi connectivity index (χ0v) is 15.2. The second kappa shape index (κ2) is 7.79. The molecular weight excluding hydrogens is 363 g/mol. The number of Topliss-reactive ketones (excluding diaryl/α,β-unsaturated/α-hetero) is 1. The number of hydrogen-bond donors (Lipinski definition) is 0. The molecular formula is C17H15FN2O3S2. The molecule has 0 N–H and O–H groups in total. The maximum absolute atomic E-state index is 13.6. The molecule has 0 saturated carbocycles. The monoisotopic (exact) mass is 378 g/mol. The summed E-state index contributed by atoms with van der Waals surface area (Å²) in [6, 6.07) is 9.83. The lowest BCUT2D eigenvalue weighted by Crippen LogP contribution is -2.04. The van der Waals surface area contributed by atoms with Gasteiger partial charge in [0.2, 0.25) is 0 Å². The fourth-order valence-corrected chi connectivity index (χ4v) is 3.56. The minimum Gasteiger partial charge on any atom is -0.478 e. The molecule has 3 rings (SSSR count). The Morgan fingerprint density at radius 1 is 1.32 bits per heavy atom. The zero-order chi connectivity index (χ0) is 17.8. The molecule has 0 aliphatic rings. The van der Waals surface area contributed by atoms with Gasteiger partial charge in [-0.1, -0.05) is 23.9 Å². The van der Waals surface area contributed by atoms with Gasteiger partial charge in [-0.15, -0.1) is 21.5 Å². The molecule has 2 aromatic heterocycles. The summed E-state index contributed by atoms with van der Waals surface area (Å²) in [5.74, 6) is 0.110. The van der Waals surface area contributed by atoms with Gasteiger partial charge in [-0.3, -0.25) is 4.79 Å². The number of carbonyl (C=O) groups is 1. The van der Waals surface area contributed by atoms with Crippen LogP contribution in [0.25, 0.3) is 0 Å². The highest BCUT2D eigenvalue weighted by Gasteiger charge is 2.18. The van der Waals surface area contributed by atoms with Crippen LogP contribution in [0.3, 0.4) is 0 Å². The Labute approximate surface area is 152 Å². The molecule has 0 aliphatic carbocycles. The third-order valence-electron chi connectivity index (χ3n) is 3.25. The molecule has 3 aromatic rings. The van der Waals surface area contributed by atoms with E-state index >= 15 is 0 Å². The van der Waals surface area contributed by atoms with Crippen LogP contribution >= 0.6 is 23.1 Å². The first-order valence-electron chi connectivity index (χ1n) is 7.50.